The fraction of sp³-hybridized carbons (Fsp3) is 0.429. The number of Topliss-reactive ketones (excluding diaryl/α,β-unsaturated/α-hetero) is 1. The average Bonchev–Trinajstić information content (AvgIpc) is 3.16. The van der Waals surface area contributed by atoms with Crippen molar-refractivity contribution in [2.75, 3.05) is 47.0 Å². The van der Waals surface area contributed by atoms with Gasteiger partial charge in [0.25, 0.3) is 11.7 Å². The number of nitrogens with zero attached hydrogens (tertiary/aromatic N) is 2. The Bertz CT molecular complexity index is 1160. The van der Waals surface area contributed by atoms with Crippen molar-refractivity contribution in [3.63, 3.8) is 0 Å². The molecule has 37 heavy (non-hydrogen) atoms. The van der Waals surface area contributed by atoms with Crippen LogP contribution in [0.25, 0.3) is 5.76 Å². The molecule has 1 aliphatic heterocycles. The third-order valence-electron chi connectivity index (χ3n) is 6.54. The van der Waals surface area contributed by atoms with Gasteiger partial charge in [0.2, 0.25) is 0 Å². The fourth-order valence-electron chi connectivity index (χ4n) is 4.56. The predicted octanol–water partition coefficient (Wildman–Crippen LogP) is 4.91. The molecular weight excluding hydrogens is 496 g/mol. The molecule has 0 aliphatic carbocycles. The summed E-state index contributed by atoms with van der Waals surface area (Å²) in [7, 11) is 3.05. The summed E-state index contributed by atoms with van der Waals surface area (Å²) in [6, 6.07) is 9.19. The minimum absolute atomic E-state index is 0.000264. The largest absolute Gasteiger partial charge is 0.507 e. The van der Waals surface area contributed by atoms with Crippen LogP contribution in [-0.2, 0) is 9.59 Å². The van der Waals surface area contributed by atoms with Gasteiger partial charge in [0.05, 0.1) is 37.5 Å². The van der Waals surface area contributed by atoms with Crippen LogP contribution in [0.3, 0.4) is 0 Å². The van der Waals surface area contributed by atoms with Gasteiger partial charge >= 0.3 is 0 Å². The van der Waals surface area contributed by atoms with Crippen LogP contribution in [0, 0.1) is 0 Å². The van der Waals surface area contributed by atoms with E-state index in [1.165, 1.54) is 25.2 Å². The number of aliphatic hydroxyl groups excluding tert-OH is 1. The van der Waals surface area contributed by atoms with Crippen LogP contribution >= 0.6 is 11.6 Å². The van der Waals surface area contributed by atoms with Crippen molar-refractivity contribution >= 4 is 29.1 Å². The van der Waals surface area contributed by atoms with Gasteiger partial charge in [-0.1, -0.05) is 31.5 Å². The van der Waals surface area contributed by atoms with Crippen molar-refractivity contribution in [3.8, 4) is 17.2 Å². The number of halogens is 1. The molecule has 0 aromatic heterocycles. The second-order valence-corrected chi connectivity index (χ2v) is 8.97. The van der Waals surface area contributed by atoms with Crippen molar-refractivity contribution in [1.29, 1.82) is 0 Å². The van der Waals surface area contributed by atoms with Crippen molar-refractivity contribution in [3.05, 3.63) is 58.1 Å². The zero-order chi connectivity index (χ0) is 27.1. The van der Waals surface area contributed by atoms with Crippen LogP contribution in [0.5, 0.6) is 17.2 Å². The minimum Gasteiger partial charge on any atom is -0.507 e. The van der Waals surface area contributed by atoms with Gasteiger partial charge in [-0.05, 0) is 68.9 Å². The molecule has 8 nitrogen and oxygen atoms in total. The van der Waals surface area contributed by atoms with E-state index < -0.39 is 17.7 Å². The predicted molar refractivity (Wildman–Crippen MR) is 144 cm³/mol. The molecule has 9 heteroatoms. The lowest BCUT2D eigenvalue weighted by Crippen LogP contribution is -2.33. The Morgan fingerprint density at radius 1 is 1.00 bits per heavy atom. The molecule has 2 aromatic rings. The van der Waals surface area contributed by atoms with Gasteiger partial charge in [0.15, 0.2) is 11.5 Å². The molecule has 1 aliphatic rings. The number of hydrogen-bond acceptors (Lipinski definition) is 7. The first-order chi connectivity index (χ1) is 17.8. The second kappa shape index (κ2) is 12.8. The quantitative estimate of drug-likeness (QED) is 0.237. The fourth-order valence-corrected chi connectivity index (χ4v) is 4.80. The lowest BCUT2D eigenvalue weighted by molar-refractivity contribution is -0.140. The summed E-state index contributed by atoms with van der Waals surface area (Å²) in [5, 5.41) is 11.6. The maximum atomic E-state index is 13.3. The summed E-state index contributed by atoms with van der Waals surface area (Å²) in [6.07, 6.45) is 0.674. The number of ketones is 1. The molecule has 1 amide bonds. The highest BCUT2D eigenvalue weighted by Gasteiger charge is 2.46. The molecule has 0 radical (unpaired) electrons. The monoisotopic (exact) mass is 530 g/mol. The van der Waals surface area contributed by atoms with Crippen LogP contribution in [0.4, 0.5) is 0 Å². The SMILES string of the molecule is CCOc1ccc(/C(O)=C2/C(=O)C(=O)N(CCCN(CC)CC)C2c2ccc(OC)c(OC)c2)cc1Cl. The number of aliphatic hydroxyl groups is 1. The standard InChI is InChI=1S/C28H35ClN2O6/c1-6-30(7-2)14-9-15-31-25(18-10-13-22(35-4)23(17-18)36-5)24(27(33)28(31)34)26(32)19-11-12-21(37-8-3)20(29)16-19/h10-13,16-17,25,32H,6-9,14-15H2,1-5H3/b26-24-. The third-order valence-corrected chi connectivity index (χ3v) is 6.83. The minimum atomic E-state index is -0.804. The normalized spacial score (nSPS) is 16.9. The lowest BCUT2D eigenvalue weighted by Gasteiger charge is -2.27. The number of carbonyl (C=O) groups excluding carboxylic acids is 2. The van der Waals surface area contributed by atoms with E-state index in [1.54, 1.807) is 30.3 Å². The molecule has 1 heterocycles. The van der Waals surface area contributed by atoms with E-state index in [0.717, 1.165) is 19.6 Å². The highest BCUT2D eigenvalue weighted by atomic mass is 35.5. The Hall–Kier alpha value is -3.23. The smallest absolute Gasteiger partial charge is 0.295 e. The number of methoxy groups -OCH3 is 2. The van der Waals surface area contributed by atoms with Crippen molar-refractivity contribution in [2.45, 2.75) is 33.2 Å². The molecule has 1 N–H and O–H groups in total. The van der Waals surface area contributed by atoms with Crippen LogP contribution < -0.4 is 14.2 Å². The maximum absolute atomic E-state index is 13.3. The van der Waals surface area contributed by atoms with Crippen LogP contribution in [0.15, 0.2) is 42.0 Å². The Labute approximate surface area is 223 Å². The number of amides is 1. The zero-order valence-electron chi connectivity index (χ0n) is 22.0. The van der Waals surface area contributed by atoms with E-state index >= 15 is 0 Å². The summed E-state index contributed by atoms with van der Waals surface area (Å²) in [6.45, 7) is 9.37. The molecule has 1 atom stereocenters. The molecule has 1 saturated heterocycles. The summed E-state index contributed by atoms with van der Waals surface area (Å²) in [5.41, 5.74) is 0.943. The molecule has 0 saturated carbocycles. The summed E-state index contributed by atoms with van der Waals surface area (Å²) < 4.78 is 16.3. The molecule has 3 rings (SSSR count). The number of benzene rings is 2. The van der Waals surface area contributed by atoms with Gasteiger partial charge in [-0.15, -0.1) is 0 Å². The molecule has 1 unspecified atom stereocenters. The Morgan fingerprint density at radius 3 is 2.27 bits per heavy atom. The van der Waals surface area contributed by atoms with Gasteiger partial charge in [-0.2, -0.15) is 0 Å². The Kier molecular flexibility index (Phi) is 9.83. The van der Waals surface area contributed by atoms with Gasteiger partial charge in [-0.25, -0.2) is 0 Å². The molecule has 2 aromatic carbocycles. The van der Waals surface area contributed by atoms with E-state index in [0.29, 0.717) is 53.0 Å². The first-order valence-electron chi connectivity index (χ1n) is 12.5. The molecular formula is C28H35ClN2O6. The lowest BCUT2D eigenvalue weighted by atomic mass is 9.95. The van der Waals surface area contributed by atoms with Gasteiger partial charge in [-0.3, -0.25) is 9.59 Å². The zero-order valence-corrected chi connectivity index (χ0v) is 22.8. The number of likely N-dealkylation sites (tertiary alicyclic amines) is 1. The van der Waals surface area contributed by atoms with Gasteiger partial charge < -0.3 is 29.1 Å². The van der Waals surface area contributed by atoms with Crippen LogP contribution in [0.1, 0.15) is 44.4 Å². The molecule has 1 fully saturated rings. The molecule has 200 valence electrons. The molecule has 0 spiro atoms. The Morgan fingerprint density at radius 2 is 1.68 bits per heavy atom. The number of ether oxygens (including phenoxy) is 3. The van der Waals surface area contributed by atoms with Gasteiger partial charge in [0.1, 0.15) is 11.5 Å². The van der Waals surface area contributed by atoms with E-state index in [2.05, 4.69) is 18.7 Å². The molecule has 0 bridgehead atoms. The van der Waals surface area contributed by atoms with Gasteiger partial charge in [0, 0.05) is 12.1 Å². The topological polar surface area (TPSA) is 88.5 Å². The van der Waals surface area contributed by atoms with E-state index in [-0.39, 0.29) is 11.3 Å². The van der Waals surface area contributed by atoms with E-state index in [9.17, 15) is 14.7 Å². The maximum Gasteiger partial charge on any atom is 0.295 e. The number of hydrogen-bond donors (Lipinski definition) is 1. The number of rotatable bonds is 12. The summed E-state index contributed by atoms with van der Waals surface area (Å²) in [5.74, 6) is -0.257. The van der Waals surface area contributed by atoms with Crippen molar-refractivity contribution in [2.24, 2.45) is 0 Å². The second-order valence-electron chi connectivity index (χ2n) is 8.57. The van der Waals surface area contributed by atoms with Crippen LogP contribution in [0.2, 0.25) is 5.02 Å². The first kappa shape index (κ1) is 28.3. The van der Waals surface area contributed by atoms with E-state index in [1.807, 2.05) is 6.92 Å². The highest BCUT2D eigenvalue weighted by Crippen LogP contribution is 2.42. The summed E-state index contributed by atoms with van der Waals surface area (Å²) in [4.78, 5) is 30.3. The summed E-state index contributed by atoms with van der Waals surface area (Å²) >= 11 is 6.35. The van der Waals surface area contributed by atoms with E-state index in [4.69, 9.17) is 25.8 Å². The third kappa shape index (κ3) is 6.02. The Balaban J connectivity index is 2.10. The van der Waals surface area contributed by atoms with Crippen molar-refractivity contribution < 1.29 is 28.9 Å². The first-order valence-corrected chi connectivity index (χ1v) is 12.8. The highest BCUT2D eigenvalue weighted by molar-refractivity contribution is 6.46. The number of carbonyl (C=O) groups is 2. The average molecular weight is 531 g/mol. The van der Waals surface area contributed by atoms with Crippen LogP contribution in [-0.4, -0.2) is 73.6 Å². The van der Waals surface area contributed by atoms with Crippen molar-refractivity contribution in [1.82, 2.24) is 9.80 Å².